The second kappa shape index (κ2) is 4.46. The molecule has 0 atom stereocenters. The van der Waals surface area contributed by atoms with Crippen LogP contribution in [-0.4, -0.2) is 0 Å². The molecule has 0 amide bonds. The number of hydrogen-bond donors (Lipinski definition) is 0. The summed E-state index contributed by atoms with van der Waals surface area (Å²) in [6.07, 6.45) is 3.54. The third kappa shape index (κ3) is 1.89. The standard InChI is InChI=1S/C15H9ClFO/c16-14-6-2-1-5-12(14)13-9-11(17)8-10-4-3-7-18-15(10)13/h1-9H. The van der Waals surface area contributed by atoms with Gasteiger partial charge in [0.05, 0.1) is 0 Å². The van der Waals surface area contributed by atoms with E-state index in [-0.39, 0.29) is 5.82 Å². The molecule has 0 spiro atoms. The average Bonchev–Trinajstić information content (AvgIpc) is 2.38. The fourth-order valence-corrected chi connectivity index (χ4v) is 2.24. The minimum Gasteiger partial charge on any atom is -0.481 e. The Hall–Kier alpha value is -1.80. The minimum absolute atomic E-state index is 0.307. The zero-order valence-electron chi connectivity index (χ0n) is 9.36. The third-order valence-corrected chi connectivity index (χ3v) is 3.12. The molecule has 0 bridgehead atoms. The molecule has 2 aromatic carbocycles. The van der Waals surface area contributed by atoms with Crippen molar-refractivity contribution in [3.8, 4) is 16.9 Å². The Kier molecular flexibility index (Phi) is 2.80. The summed E-state index contributed by atoms with van der Waals surface area (Å²) in [4.78, 5) is 0. The Bertz CT molecular complexity index is 634. The first kappa shape index (κ1) is 11.3. The van der Waals surface area contributed by atoms with Gasteiger partial charge >= 0.3 is 0 Å². The van der Waals surface area contributed by atoms with Gasteiger partial charge in [-0.2, -0.15) is 0 Å². The van der Waals surface area contributed by atoms with Crippen LogP contribution in [-0.2, 0) is 0 Å². The van der Waals surface area contributed by atoms with Gasteiger partial charge in [-0.25, -0.2) is 4.39 Å². The number of ether oxygens (including phenoxy) is 1. The van der Waals surface area contributed by atoms with Crippen molar-refractivity contribution in [3.63, 3.8) is 0 Å². The van der Waals surface area contributed by atoms with E-state index in [1.54, 1.807) is 18.7 Å². The van der Waals surface area contributed by atoms with Crippen molar-refractivity contribution in [3.05, 3.63) is 65.5 Å². The van der Waals surface area contributed by atoms with E-state index in [0.717, 1.165) is 5.56 Å². The van der Waals surface area contributed by atoms with Crippen LogP contribution in [0.2, 0.25) is 5.02 Å². The van der Waals surface area contributed by atoms with E-state index in [9.17, 15) is 4.39 Å². The number of halogens is 2. The Morgan fingerprint density at radius 2 is 1.89 bits per heavy atom. The van der Waals surface area contributed by atoms with Gasteiger partial charge in [-0.05, 0) is 24.3 Å². The van der Waals surface area contributed by atoms with Gasteiger partial charge in [0.25, 0.3) is 0 Å². The van der Waals surface area contributed by atoms with Crippen LogP contribution in [0.15, 0.2) is 42.5 Å². The molecule has 1 heterocycles. The molecule has 0 saturated carbocycles. The molecule has 1 aliphatic rings. The van der Waals surface area contributed by atoms with Gasteiger partial charge in [-0.15, -0.1) is 0 Å². The molecule has 0 unspecified atom stereocenters. The van der Waals surface area contributed by atoms with Gasteiger partial charge in [0.15, 0.2) is 6.61 Å². The summed E-state index contributed by atoms with van der Waals surface area (Å²) in [5.74, 6) is 0.325. The van der Waals surface area contributed by atoms with Crippen LogP contribution in [0.25, 0.3) is 17.2 Å². The van der Waals surface area contributed by atoms with Crippen molar-refractivity contribution in [2.24, 2.45) is 0 Å². The van der Waals surface area contributed by atoms with Crippen molar-refractivity contribution in [2.75, 3.05) is 0 Å². The quantitative estimate of drug-likeness (QED) is 0.720. The maximum atomic E-state index is 13.6. The minimum atomic E-state index is -0.307. The lowest BCUT2D eigenvalue weighted by atomic mass is 10.00. The number of benzene rings is 2. The first-order valence-electron chi connectivity index (χ1n) is 5.51. The Morgan fingerprint density at radius 1 is 1.06 bits per heavy atom. The molecule has 2 aromatic rings. The summed E-state index contributed by atoms with van der Waals surface area (Å²) in [5, 5.41) is 0.573. The van der Waals surface area contributed by atoms with Crippen LogP contribution >= 0.6 is 11.6 Å². The molecule has 18 heavy (non-hydrogen) atoms. The molecule has 0 saturated heterocycles. The van der Waals surface area contributed by atoms with Crippen LogP contribution < -0.4 is 4.74 Å². The number of rotatable bonds is 1. The lowest BCUT2D eigenvalue weighted by Crippen LogP contribution is -1.99. The zero-order chi connectivity index (χ0) is 12.5. The van der Waals surface area contributed by atoms with Crippen molar-refractivity contribution in [2.45, 2.75) is 0 Å². The summed E-state index contributed by atoms with van der Waals surface area (Å²) in [6.45, 7) is 1.57. The monoisotopic (exact) mass is 259 g/mol. The highest BCUT2D eigenvalue weighted by molar-refractivity contribution is 6.33. The predicted octanol–water partition coefficient (Wildman–Crippen LogP) is 4.71. The Morgan fingerprint density at radius 3 is 2.72 bits per heavy atom. The molecular weight excluding hydrogens is 251 g/mol. The van der Waals surface area contributed by atoms with E-state index in [2.05, 4.69) is 0 Å². The number of fused-ring (bicyclic) bond motifs is 1. The van der Waals surface area contributed by atoms with E-state index in [4.69, 9.17) is 16.3 Å². The molecular formula is C15H9ClFO. The highest BCUT2D eigenvalue weighted by Crippen LogP contribution is 2.40. The fourth-order valence-electron chi connectivity index (χ4n) is 2.00. The summed E-state index contributed by atoms with van der Waals surface area (Å²) in [7, 11) is 0. The molecule has 1 nitrogen and oxygen atoms in total. The first-order chi connectivity index (χ1) is 8.75. The van der Waals surface area contributed by atoms with Crippen LogP contribution in [0.1, 0.15) is 5.56 Å². The van der Waals surface area contributed by atoms with E-state index in [1.165, 1.54) is 12.1 Å². The SMILES string of the molecule is Fc1cc2c(c(-c3ccccc3Cl)c1)O[CH]C=C2. The number of hydrogen-bond acceptors (Lipinski definition) is 1. The molecule has 3 rings (SSSR count). The van der Waals surface area contributed by atoms with E-state index in [1.807, 2.05) is 24.3 Å². The maximum absolute atomic E-state index is 13.6. The largest absolute Gasteiger partial charge is 0.481 e. The van der Waals surface area contributed by atoms with Crippen molar-refractivity contribution in [1.29, 1.82) is 0 Å². The maximum Gasteiger partial charge on any atom is 0.158 e. The Labute approximate surface area is 109 Å². The molecule has 1 radical (unpaired) electrons. The highest BCUT2D eigenvalue weighted by atomic mass is 35.5. The van der Waals surface area contributed by atoms with E-state index in [0.29, 0.717) is 21.9 Å². The second-order valence-corrected chi connectivity index (χ2v) is 4.37. The third-order valence-electron chi connectivity index (χ3n) is 2.79. The Balaban J connectivity index is 2.27. The fraction of sp³-hybridized carbons (Fsp3) is 0. The van der Waals surface area contributed by atoms with Gasteiger partial charge in [0.1, 0.15) is 11.6 Å². The van der Waals surface area contributed by atoms with Crippen molar-refractivity contribution in [1.82, 2.24) is 0 Å². The first-order valence-corrected chi connectivity index (χ1v) is 5.88. The summed E-state index contributed by atoms with van der Waals surface area (Å²) in [6, 6.07) is 10.2. The summed E-state index contributed by atoms with van der Waals surface area (Å²) < 4.78 is 19.1. The molecule has 0 aliphatic carbocycles. The van der Waals surface area contributed by atoms with Gasteiger partial charge in [0.2, 0.25) is 0 Å². The van der Waals surface area contributed by atoms with Crippen molar-refractivity contribution < 1.29 is 9.13 Å². The second-order valence-electron chi connectivity index (χ2n) is 3.96. The lowest BCUT2D eigenvalue weighted by Gasteiger charge is -2.17. The smallest absolute Gasteiger partial charge is 0.158 e. The summed E-state index contributed by atoms with van der Waals surface area (Å²) >= 11 is 6.15. The van der Waals surface area contributed by atoms with Crippen LogP contribution in [0, 0.1) is 12.4 Å². The molecule has 3 heteroatoms. The van der Waals surface area contributed by atoms with Crippen LogP contribution in [0.5, 0.6) is 5.75 Å². The van der Waals surface area contributed by atoms with Gasteiger partial charge < -0.3 is 4.74 Å². The zero-order valence-corrected chi connectivity index (χ0v) is 10.1. The van der Waals surface area contributed by atoms with Gasteiger partial charge in [-0.3, -0.25) is 0 Å². The van der Waals surface area contributed by atoms with Crippen LogP contribution in [0.4, 0.5) is 4.39 Å². The van der Waals surface area contributed by atoms with E-state index < -0.39 is 0 Å². The average molecular weight is 260 g/mol. The molecule has 1 aliphatic heterocycles. The lowest BCUT2D eigenvalue weighted by molar-refractivity contribution is 0.430. The summed E-state index contributed by atoms with van der Waals surface area (Å²) in [5.41, 5.74) is 2.14. The predicted molar refractivity (Wildman–Crippen MR) is 70.8 cm³/mol. The van der Waals surface area contributed by atoms with Gasteiger partial charge in [-0.1, -0.05) is 35.9 Å². The molecule has 0 aromatic heterocycles. The molecule has 0 N–H and O–H groups in total. The topological polar surface area (TPSA) is 9.23 Å². The normalized spacial score (nSPS) is 13.0. The molecule has 0 fully saturated rings. The molecule has 89 valence electrons. The van der Waals surface area contributed by atoms with Gasteiger partial charge in [0, 0.05) is 21.7 Å². The van der Waals surface area contributed by atoms with Crippen LogP contribution in [0.3, 0.4) is 0 Å². The highest BCUT2D eigenvalue weighted by Gasteiger charge is 2.16. The van der Waals surface area contributed by atoms with Crippen molar-refractivity contribution >= 4 is 17.7 Å². The van der Waals surface area contributed by atoms with E-state index >= 15 is 0 Å².